The van der Waals surface area contributed by atoms with Crippen LogP contribution in [0.15, 0.2) is 34.7 Å². The molecule has 1 N–H and O–H groups in total. The highest BCUT2D eigenvalue weighted by Gasteiger charge is 2.29. The van der Waals surface area contributed by atoms with Gasteiger partial charge < -0.3 is 5.32 Å². The maximum Gasteiger partial charge on any atom is 0.293 e. The van der Waals surface area contributed by atoms with Crippen molar-refractivity contribution >= 4 is 38.1 Å². The fourth-order valence-electron chi connectivity index (χ4n) is 3.12. The minimum Gasteiger partial charge on any atom is -0.300 e. The zero-order chi connectivity index (χ0) is 18.6. The third kappa shape index (κ3) is 4.04. The number of rotatable bonds is 6. The molecule has 3 rings (SSSR count). The lowest BCUT2D eigenvalue weighted by Gasteiger charge is -2.21. The molecule has 1 saturated carbocycles. The lowest BCUT2D eigenvalue weighted by Crippen LogP contribution is -2.30. The Morgan fingerprint density at radius 1 is 1.19 bits per heavy atom. The van der Waals surface area contributed by atoms with E-state index in [0.717, 1.165) is 43.4 Å². The van der Waals surface area contributed by atoms with Crippen molar-refractivity contribution in [1.82, 2.24) is 10.2 Å². The van der Waals surface area contributed by atoms with Crippen molar-refractivity contribution in [2.24, 2.45) is 5.92 Å². The fourth-order valence-corrected chi connectivity index (χ4v) is 5.60. The van der Waals surface area contributed by atoms with Crippen LogP contribution in [0.4, 0.5) is 10.8 Å². The van der Waals surface area contributed by atoms with E-state index in [-0.39, 0.29) is 27.8 Å². The molecule has 1 amide bonds. The number of sulfonamides is 1. The third-order valence-corrected chi connectivity index (χ3v) is 7.54. The maximum atomic E-state index is 12.9. The molecule has 1 fully saturated rings. The Labute approximate surface area is 157 Å². The summed E-state index contributed by atoms with van der Waals surface area (Å²) in [4.78, 5) is 12.3. The van der Waals surface area contributed by atoms with Crippen LogP contribution in [0.3, 0.4) is 0 Å². The molecule has 26 heavy (non-hydrogen) atoms. The highest BCUT2D eigenvalue weighted by atomic mass is 32.2. The predicted molar refractivity (Wildman–Crippen MR) is 102 cm³/mol. The Bertz CT molecular complexity index is 846. The molecule has 0 unspecified atom stereocenters. The van der Waals surface area contributed by atoms with Crippen molar-refractivity contribution < 1.29 is 13.2 Å². The zero-order valence-corrected chi connectivity index (χ0v) is 16.2. The Hall–Kier alpha value is -2.00. The van der Waals surface area contributed by atoms with Crippen molar-refractivity contribution in [3.63, 3.8) is 0 Å². The second kappa shape index (κ2) is 8.13. The topological polar surface area (TPSA) is 92.3 Å². The number of carbonyl (C=O) groups is 1. The summed E-state index contributed by atoms with van der Waals surface area (Å²) in [6.45, 7) is 2.03. The van der Waals surface area contributed by atoms with Gasteiger partial charge in [0.2, 0.25) is 11.0 Å². The van der Waals surface area contributed by atoms with Crippen LogP contribution in [0.5, 0.6) is 0 Å². The minimum absolute atomic E-state index is 0.0239. The van der Waals surface area contributed by atoms with Crippen molar-refractivity contribution in [3.8, 4) is 0 Å². The summed E-state index contributed by atoms with van der Waals surface area (Å²) < 4.78 is 26.9. The molecule has 1 aromatic heterocycles. The number of para-hydroxylation sites is 1. The number of amides is 1. The van der Waals surface area contributed by atoms with Crippen molar-refractivity contribution in [2.45, 2.75) is 43.4 Å². The molecular formula is C17H22N4O3S2. The smallest absolute Gasteiger partial charge is 0.293 e. The van der Waals surface area contributed by atoms with Gasteiger partial charge in [0.1, 0.15) is 0 Å². The average Bonchev–Trinajstić information content (AvgIpc) is 3.13. The highest BCUT2D eigenvalue weighted by molar-refractivity contribution is 7.94. The SMILES string of the molecule is CCN(c1ccccc1)S(=O)(=O)c1nnc(NC(=O)C2CCCCC2)s1. The number of anilines is 2. The van der Waals surface area contributed by atoms with E-state index < -0.39 is 10.0 Å². The summed E-state index contributed by atoms with van der Waals surface area (Å²) in [5.41, 5.74) is 0.568. The summed E-state index contributed by atoms with van der Waals surface area (Å²) in [5.74, 6) is -0.121. The molecule has 7 nitrogen and oxygen atoms in total. The van der Waals surface area contributed by atoms with Gasteiger partial charge in [0, 0.05) is 12.5 Å². The van der Waals surface area contributed by atoms with Gasteiger partial charge in [-0.2, -0.15) is 8.42 Å². The predicted octanol–water partition coefficient (Wildman–Crippen LogP) is 3.27. The van der Waals surface area contributed by atoms with E-state index in [1.807, 2.05) is 6.07 Å². The van der Waals surface area contributed by atoms with Gasteiger partial charge in [0.15, 0.2) is 0 Å². The van der Waals surface area contributed by atoms with Gasteiger partial charge in [0.05, 0.1) is 5.69 Å². The molecule has 1 heterocycles. The number of carbonyl (C=O) groups excluding carboxylic acids is 1. The average molecular weight is 395 g/mol. The maximum absolute atomic E-state index is 12.9. The summed E-state index contributed by atoms with van der Waals surface area (Å²) >= 11 is 0.887. The van der Waals surface area contributed by atoms with Crippen LogP contribution in [-0.4, -0.2) is 31.1 Å². The van der Waals surface area contributed by atoms with E-state index >= 15 is 0 Å². The molecule has 9 heteroatoms. The van der Waals surface area contributed by atoms with Crippen molar-refractivity contribution in [1.29, 1.82) is 0 Å². The molecule has 2 aromatic rings. The Morgan fingerprint density at radius 2 is 1.88 bits per heavy atom. The first-order valence-electron chi connectivity index (χ1n) is 8.74. The molecular weight excluding hydrogens is 372 g/mol. The Kier molecular flexibility index (Phi) is 5.87. The van der Waals surface area contributed by atoms with Crippen LogP contribution in [-0.2, 0) is 14.8 Å². The standard InChI is InChI=1S/C17H22N4O3S2/c1-2-21(14-11-7-4-8-12-14)26(23,24)17-20-19-16(25-17)18-15(22)13-9-5-3-6-10-13/h4,7-8,11-13H,2-3,5-6,9-10H2,1H3,(H,18,19,22). The third-order valence-electron chi connectivity index (χ3n) is 4.45. The lowest BCUT2D eigenvalue weighted by atomic mass is 9.89. The molecule has 1 aliphatic rings. The van der Waals surface area contributed by atoms with Crippen LogP contribution in [0, 0.1) is 5.92 Å². The summed E-state index contributed by atoms with van der Waals surface area (Å²) in [6, 6.07) is 8.85. The zero-order valence-electron chi connectivity index (χ0n) is 14.6. The summed E-state index contributed by atoms with van der Waals surface area (Å²) in [5, 5.41) is 10.6. The first-order chi connectivity index (χ1) is 12.5. The normalized spacial score (nSPS) is 15.6. The number of aromatic nitrogens is 2. The van der Waals surface area contributed by atoms with Gasteiger partial charge >= 0.3 is 0 Å². The van der Waals surface area contributed by atoms with Crippen LogP contribution in [0.2, 0.25) is 0 Å². The van der Waals surface area contributed by atoms with Gasteiger partial charge in [-0.1, -0.05) is 48.8 Å². The van der Waals surface area contributed by atoms with Crippen LogP contribution < -0.4 is 9.62 Å². The fraction of sp³-hybridized carbons (Fsp3) is 0.471. The van der Waals surface area contributed by atoms with Gasteiger partial charge in [0.25, 0.3) is 14.4 Å². The molecule has 0 spiro atoms. The van der Waals surface area contributed by atoms with E-state index in [1.165, 1.54) is 4.31 Å². The molecule has 0 atom stereocenters. The Balaban J connectivity index is 1.76. The van der Waals surface area contributed by atoms with Crippen molar-refractivity contribution in [3.05, 3.63) is 30.3 Å². The second-order valence-electron chi connectivity index (χ2n) is 6.20. The summed E-state index contributed by atoms with van der Waals surface area (Å²) in [7, 11) is -3.82. The second-order valence-corrected chi connectivity index (χ2v) is 9.22. The van der Waals surface area contributed by atoms with Crippen LogP contribution in [0.25, 0.3) is 0 Å². The molecule has 140 valence electrons. The lowest BCUT2D eigenvalue weighted by molar-refractivity contribution is -0.120. The van der Waals surface area contributed by atoms with E-state index in [0.29, 0.717) is 5.69 Å². The van der Waals surface area contributed by atoms with Crippen LogP contribution >= 0.6 is 11.3 Å². The van der Waals surface area contributed by atoms with Gasteiger partial charge in [-0.3, -0.25) is 9.10 Å². The van der Waals surface area contributed by atoms with Crippen LogP contribution in [0.1, 0.15) is 39.0 Å². The van der Waals surface area contributed by atoms with Gasteiger partial charge in [-0.15, -0.1) is 10.2 Å². The number of benzene rings is 1. The molecule has 0 bridgehead atoms. The highest BCUT2D eigenvalue weighted by Crippen LogP contribution is 2.29. The van der Waals surface area contributed by atoms with E-state index in [9.17, 15) is 13.2 Å². The van der Waals surface area contributed by atoms with E-state index in [4.69, 9.17) is 0 Å². The molecule has 0 saturated heterocycles. The van der Waals surface area contributed by atoms with E-state index in [2.05, 4.69) is 15.5 Å². The molecule has 1 aromatic carbocycles. The van der Waals surface area contributed by atoms with Gasteiger partial charge in [-0.05, 0) is 31.9 Å². The first kappa shape index (κ1) is 18.8. The molecule has 0 aliphatic heterocycles. The quantitative estimate of drug-likeness (QED) is 0.759. The minimum atomic E-state index is -3.82. The van der Waals surface area contributed by atoms with Crippen molar-refractivity contribution in [2.75, 3.05) is 16.2 Å². The number of nitrogens with one attached hydrogen (secondary N) is 1. The van der Waals surface area contributed by atoms with E-state index in [1.54, 1.807) is 31.2 Å². The monoisotopic (exact) mass is 394 g/mol. The largest absolute Gasteiger partial charge is 0.300 e. The molecule has 0 radical (unpaired) electrons. The Morgan fingerprint density at radius 3 is 2.54 bits per heavy atom. The number of nitrogens with zero attached hydrogens (tertiary/aromatic N) is 3. The number of hydrogen-bond donors (Lipinski definition) is 1. The number of hydrogen-bond acceptors (Lipinski definition) is 6. The molecule has 1 aliphatic carbocycles. The first-order valence-corrected chi connectivity index (χ1v) is 11.0. The summed E-state index contributed by atoms with van der Waals surface area (Å²) in [6.07, 6.45) is 5.00. The van der Waals surface area contributed by atoms with Gasteiger partial charge in [-0.25, -0.2) is 0 Å².